The van der Waals surface area contributed by atoms with Gasteiger partial charge in [0.1, 0.15) is 12.1 Å². The molecule has 5 heteroatoms. The molecular weight excluding hydrogens is 368 g/mol. The Hall–Kier alpha value is -1.65. The number of nitrogens with zero attached hydrogens (tertiary/aromatic N) is 4. The Balaban J connectivity index is 1.58. The lowest BCUT2D eigenvalue weighted by Gasteiger charge is -2.41. The van der Waals surface area contributed by atoms with Crippen molar-refractivity contribution < 1.29 is 0 Å². The molecule has 0 saturated carbocycles. The first-order chi connectivity index (χ1) is 13.5. The van der Waals surface area contributed by atoms with Crippen molar-refractivity contribution in [3.8, 4) is 0 Å². The van der Waals surface area contributed by atoms with Crippen LogP contribution in [-0.2, 0) is 11.8 Å². The molecule has 5 rings (SSSR count). The molecule has 1 atom stereocenters. The standard InChI is InChI=1S/C23H29ClN4/c1-15(2)27-10-8-23(9-11-27)13-28(20-7-5-17(24)12-18(20)23)22-21-16(3)4-6-19(21)25-14-26-22/h5,7,12,14-16H,4,6,8-11,13H2,1-3H3. The molecule has 1 unspecified atom stereocenters. The molecule has 3 aliphatic rings. The number of rotatable bonds is 2. The summed E-state index contributed by atoms with van der Waals surface area (Å²) >= 11 is 6.46. The maximum absolute atomic E-state index is 6.46. The quantitative estimate of drug-likeness (QED) is 0.709. The van der Waals surface area contributed by atoms with Crippen LogP contribution in [0.25, 0.3) is 0 Å². The Morgan fingerprint density at radius 1 is 1.18 bits per heavy atom. The van der Waals surface area contributed by atoms with Gasteiger partial charge < -0.3 is 9.80 Å². The van der Waals surface area contributed by atoms with Crippen molar-refractivity contribution in [3.63, 3.8) is 0 Å². The van der Waals surface area contributed by atoms with E-state index in [1.807, 2.05) is 6.07 Å². The Bertz CT molecular complexity index is 901. The fourth-order valence-corrected chi connectivity index (χ4v) is 5.74. The van der Waals surface area contributed by atoms with Crippen LogP contribution in [-0.4, -0.2) is 40.5 Å². The van der Waals surface area contributed by atoms with E-state index >= 15 is 0 Å². The van der Waals surface area contributed by atoms with Crippen molar-refractivity contribution in [2.75, 3.05) is 24.5 Å². The van der Waals surface area contributed by atoms with Gasteiger partial charge in [-0.15, -0.1) is 0 Å². The molecule has 1 fully saturated rings. The van der Waals surface area contributed by atoms with Crippen LogP contribution in [0.1, 0.15) is 62.8 Å². The highest BCUT2D eigenvalue weighted by Gasteiger charge is 2.46. The maximum atomic E-state index is 6.46. The van der Waals surface area contributed by atoms with E-state index in [2.05, 4.69) is 47.7 Å². The average molecular weight is 397 g/mol. The first kappa shape index (κ1) is 18.4. The zero-order valence-corrected chi connectivity index (χ0v) is 17.8. The van der Waals surface area contributed by atoms with Crippen molar-refractivity contribution in [2.45, 2.75) is 63.8 Å². The predicted octanol–water partition coefficient (Wildman–Crippen LogP) is 5.07. The van der Waals surface area contributed by atoms with Gasteiger partial charge in [-0.1, -0.05) is 18.5 Å². The molecule has 4 nitrogen and oxygen atoms in total. The van der Waals surface area contributed by atoms with E-state index in [1.54, 1.807) is 6.33 Å². The number of anilines is 2. The second kappa shape index (κ2) is 6.70. The summed E-state index contributed by atoms with van der Waals surface area (Å²) in [5.41, 5.74) is 5.48. The van der Waals surface area contributed by atoms with Crippen LogP contribution in [0, 0.1) is 0 Å². The summed E-state index contributed by atoms with van der Waals surface area (Å²) in [5.74, 6) is 1.66. The third-order valence-electron chi connectivity index (χ3n) is 7.27. The lowest BCUT2D eigenvalue weighted by molar-refractivity contribution is 0.136. The van der Waals surface area contributed by atoms with Gasteiger partial charge >= 0.3 is 0 Å². The molecule has 28 heavy (non-hydrogen) atoms. The van der Waals surface area contributed by atoms with Gasteiger partial charge in [-0.05, 0) is 82.3 Å². The lowest BCUT2D eigenvalue weighted by atomic mass is 9.74. The molecule has 1 aromatic carbocycles. The highest BCUT2D eigenvalue weighted by atomic mass is 35.5. The van der Waals surface area contributed by atoms with Crippen LogP contribution in [0.15, 0.2) is 24.5 Å². The third kappa shape index (κ3) is 2.76. The summed E-state index contributed by atoms with van der Waals surface area (Å²) in [6.07, 6.45) is 6.36. The zero-order chi connectivity index (χ0) is 19.5. The van der Waals surface area contributed by atoms with Gasteiger partial charge in [-0.3, -0.25) is 0 Å². The van der Waals surface area contributed by atoms with E-state index in [0.717, 1.165) is 36.9 Å². The van der Waals surface area contributed by atoms with E-state index in [4.69, 9.17) is 16.6 Å². The Labute approximate surface area is 172 Å². The van der Waals surface area contributed by atoms with Crippen molar-refractivity contribution >= 4 is 23.1 Å². The van der Waals surface area contributed by atoms with E-state index < -0.39 is 0 Å². The SMILES string of the molecule is CC1CCc2ncnc(N3CC4(CCN(C(C)C)CC4)c4cc(Cl)ccc43)c21. The van der Waals surface area contributed by atoms with Gasteiger partial charge in [0, 0.05) is 40.0 Å². The monoisotopic (exact) mass is 396 g/mol. The second-order valence-corrected chi connectivity index (χ2v) is 9.59. The normalized spacial score (nSPS) is 23.5. The molecule has 2 aromatic rings. The molecule has 0 radical (unpaired) electrons. The van der Waals surface area contributed by atoms with Crippen molar-refractivity contribution in [3.05, 3.63) is 46.4 Å². The number of halogens is 1. The first-order valence-electron chi connectivity index (χ1n) is 10.6. The molecule has 1 spiro atoms. The summed E-state index contributed by atoms with van der Waals surface area (Å²) < 4.78 is 0. The molecule has 3 heterocycles. The fraction of sp³-hybridized carbons (Fsp3) is 0.565. The smallest absolute Gasteiger partial charge is 0.140 e. The molecule has 2 aliphatic heterocycles. The van der Waals surface area contributed by atoms with Gasteiger partial charge in [0.2, 0.25) is 0 Å². The molecule has 0 amide bonds. The molecule has 0 N–H and O–H groups in total. The molecule has 0 bridgehead atoms. The molecular formula is C23H29ClN4. The highest BCUT2D eigenvalue weighted by Crippen LogP contribution is 2.52. The lowest BCUT2D eigenvalue weighted by Crippen LogP contribution is -2.47. The van der Waals surface area contributed by atoms with Crippen LogP contribution in [0.4, 0.5) is 11.5 Å². The van der Waals surface area contributed by atoms with Crippen LogP contribution in [0.2, 0.25) is 5.02 Å². The second-order valence-electron chi connectivity index (χ2n) is 9.16. The summed E-state index contributed by atoms with van der Waals surface area (Å²) in [5, 5.41) is 0.840. The minimum Gasteiger partial charge on any atom is -0.325 e. The summed E-state index contributed by atoms with van der Waals surface area (Å²) in [6, 6.07) is 7.06. The Morgan fingerprint density at radius 3 is 2.71 bits per heavy atom. The number of hydrogen-bond acceptors (Lipinski definition) is 4. The predicted molar refractivity (Wildman–Crippen MR) is 115 cm³/mol. The van der Waals surface area contributed by atoms with Gasteiger partial charge in [0.05, 0.1) is 0 Å². The number of aryl methyl sites for hydroxylation is 1. The summed E-state index contributed by atoms with van der Waals surface area (Å²) in [4.78, 5) is 14.4. The van der Waals surface area contributed by atoms with Crippen molar-refractivity contribution in [1.29, 1.82) is 0 Å². The van der Waals surface area contributed by atoms with E-state index in [0.29, 0.717) is 12.0 Å². The summed E-state index contributed by atoms with van der Waals surface area (Å²) in [6.45, 7) is 10.2. The number of benzene rings is 1. The van der Waals surface area contributed by atoms with Crippen molar-refractivity contribution in [1.82, 2.24) is 14.9 Å². The van der Waals surface area contributed by atoms with Crippen LogP contribution in [0.5, 0.6) is 0 Å². The Morgan fingerprint density at radius 2 is 1.96 bits per heavy atom. The topological polar surface area (TPSA) is 32.3 Å². The van der Waals surface area contributed by atoms with Crippen LogP contribution >= 0.6 is 11.6 Å². The van der Waals surface area contributed by atoms with Gasteiger partial charge in [0.25, 0.3) is 0 Å². The Kier molecular flexibility index (Phi) is 4.40. The average Bonchev–Trinajstić information content (AvgIpc) is 3.21. The van der Waals surface area contributed by atoms with Gasteiger partial charge in [-0.25, -0.2) is 9.97 Å². The third-order valence-corrected chi connectivity index (χ3v) is 7.51. The number of fused-ring (bicyclic) bond motifs is 3. The molecule has 1 aliphatic carbocycles. The zero-order valence-electron chi connectivity index (χ0n) is 17.1. The molecule has 1 saturated heterocycles. The molecule has 1 aromatic heterocycles. The van der Waals surface area contributed by atoms with Crippen LogP contribution in [0.3, 0.4) is 0 Å². The molecule has 148 valence electrons. The van der Waals surface area contributed by atoms with Crippen molar-refractivity contribution in [2.24, 2.45) is 0 Å². The van der Waals surface area contributed by atoms with E-state index in [9.17, 15) is 0 Å². The largest absolute Gasteiger partial charge is 0.325 e. The van der Waals surface area contributed by atoms with Crippen LogP contribution < -0.4 is 4.90 Å². The fourth-order valence-electron chi connectivity index (χ4n) is 5.56. The summed E-state index contributed by atoms with van der Waals surface area (Å²) in [7, 11) is 0. The maximum Gasteiger partial charge on any atom is 0.140 e. The van der Waals surface area contributed by atoms with E-state index in [1.165, 1.54) is 41.8 Å². The number of likely N-dealkylation sites (tertiary alicyclic amines) is 1. The minimum absolute atomic E-state index is 0.172. The first-order valence-corrected chi connectivity index (χ1v) is 11.0. The van der Waals surface area contributed by atoms with Gasteiger partial charge in [0.15, 0.2) is 0 Å². The highest BCUT2D eigenvalue weighted by molar-refractivity contribution is 6.30. The minimum atomic E-state index is 0.172. The number of hydrogen-bond donors (Lipinski definition) is 0. The number of piperidine rings is 1. The number of aromatic nitrogens is 2. The van der Waals surface area contributed by atoms with E-state index in [-0.39, 0.29) is 5.41 Å². The van der Waals surface area contributed by atoms with Gasteiger partial charge in [-0.2, -0.15) is 0 Å².